The third-order valence-electron chi connectivity index (χ3n) is 5.27. The maximum atomic E-state index is 13.2. The van der Waals surface area contributed by atoms with Crippen molar-refractivity contribution in [2.75, 3.05) is 11.9 Å². The zero-order valence-electron chi connectivity index (χ0n) is 19.0. The SMILES string of the molecule is CCOc1cc(C2NC(=S)NC(C)=C2C(=O)Nc2cccnc2)ccc1OCc1ccccc1. The number of carbonyl (C=O) groups excluding carboxylic acids is 1. The standard InChI is InChI=1S/C26H26N4O3S/c1-3-32-22-14-19(11-12-21(22)33-16-18-8-5-4-6-9-18)24-23(17(2)28-26(34)30-24)25(31)29-20-10-7-13-27-15-20/h4-15,24H,3,16H2,1-2H3,(H,29,31)(H2,28,30,34). The Balaban J connectivity index is 1.62. The highest BCUT2D eigenvalue weighted by atomic mass is 32.1. The van der Waals surface area contributed by atoms with Crippen LogP contribution in [0.15, 0.2) is 84.3 Å². The first-order valence-corrected chi connectivity index (χ1v) is 11.4. The van der Waals surface area contributed by atoms with Gasteiger partial charge in [0.2, 0.25) is 0 Å². The highest BCUT2D eigenvalue weighted by molar-refractivity contribution is 7.80. The fourth-order valence-electron chi connectivity index (χ4n) is 3.71. The summed E-state index contributed by atoms with van der Waals surface area (Å²) in [7, 11) is 0. The Morgan fingerprint density at radius 3 is 2.65 bits per heavy atom. The van der Waals surface area contributed by atoms with Gasteiger partial charge in [0.15, 0.2) is 16.6 Å². The van der Waals surface area contributed by atoms with Crippen LogP contribution in [0, 0.1) is 0 Å². The number of nitrogens with zero attached hydrogens (tertiary/aromatic N) is 1. The molecular weight excluding hydrogens is 448 g/mol. The van der Waals surface area contributed by atoms with E-state index in [0.717, 1.165) is 11.1 Å². The van der Waals surface area contributed by atoms with Gasteiger partial charge in [-0.05, 0) is 61.5 Å². The molecule has 0 aliphatic carbocycles. The van der Waals surface area contributed by atoms with E-state index in [1.807, 2.05) is 62.4 Å². The number of aromatic nitrogens is 1. The lowest BCUT2D eigenvalue weighted by atomic mass is 9.94. The number of hydrogen-bond acceptors (Lipinski definition) is 5. The molecule has 8 heteroatoms. The van der Waals surface area contributed by atoms with E-state index in [4.69, 9.17) is 21.7 Å². The minimum absolute atomic E-state index is 0.250. The number of ether oxygens (including phenoxy) is 2. The van der Waals surface area contributed by atoms with Gasteiger partial charge in [-0.25, -0.2) is 0 Å². The normalized spacial score (nSPS) is 15.2. The number of thiocarbonyl (C=S) groups is 1. The van der Waals surface area contributed by atoms with E-state index in [9.17, 15) is 4.79 Å². The summed E-state index contributed by atoms with van der Waals surface area (Å²) in [6.07, 6.45) is 3.25. The van der Waals surface area contributed by atoms with Crippen LogP contribution in [-0.2, 0) is 11.4 Å². The molecule has 0 bridgehead atoms. The van der Waals surface area contributed by atoms with E-state index in [-0.39, 0.29) is 5.91 Å². The number of carbonyl (C=O) groups is 1. The van der Waals surface area contributed by atoms with Gasteiger partial charge in [0, 0.05) is 11.9 Å². The molecule has 0 fully saturated rings. The second-order valence-electron chi connectivity index (χ2n) is 7.68. The Morgan fingerprint density at radius 1 is 1.09 bits per heavy atom. The van der Waals surface area contributed by atoms with Crippen LogP contribution in [0.1, 0.15) is 31.0 Å². The Morgan fingerprint density at radius 2 is 1.91 bits per heavy atom. The monoisotopic (exact) mass is 474 g/mol. The van der Waals surface area contributed by atoms with Crippen LogP contribution in [0.2, 0.25) is 0 Å². The Hall–Kier alpha value is -3.91. The second-order valence-corrected chi connectivity index (χ2v) is 8.09. The molecule has 3 N–H and O–H groups in total. The quantitative estimate of drug-likeness (QED) is 0.415. The van der Waals surface area contributed by atoms with Crippen molar-refractivity contribution in [2.45, 2.75) is 26.5 Å². The lowest BCUT2D eigenvalue weighted by molar-refractivity contribution is -0.113. The maximum absolute atomic E-state index is 13.2. The summed E-state index contributed by atoms with van der Waals surface area (Å²) in [4.78, 5) is 17.3. The molecule has 2 heterocycles. The molecule has 1 amide bonds. The molecule has 4 rings (SSSR count). The molecule has 0 saturated heterocycles. The topological polar surface area (TPSA) is 84.5 Å². The second kappa shape index (κ2) is 10.8. The van der Waals surface area contributed by atoms with Crippen LogP contribution in [-0.4, -0.2) is 22.6 Å². The Bertz CT molecular complexity index is 1200. The van der Waals surface area contributed by atoms with Crippen molar-refractivity contribution in [3.63, 3.8) is 0 Å². The molecule has 0 spiro atoms. The number of anilines is 1. The lowest BCUT2D eigenvalue weighted by Gasteiger charge is -2.30. The number of pyridine rings is 1. The van der Waals surface area contributed by atoms with Crippen molar-refractivity contribution in [3.8, 4) is 11.5 Å². The third kappa shape index (κ3) is 5.52. The molecule has 1 atom stereocenters. The zero-order valence-corrected chi connectivity index (χ0v) is 19.8. The van der Waals surface area contributed by atoms with Gasteiger partial charge in [-0.2, -0.15) is 0 Å². The van der Waals surface area contributed by atoms with E-state index in [0.29, 0.717) is 46.8 Å². The van der Waals surface area contributed by atoms with Gasteiger partial charge in [0.25, 0.3) is 5.91 Å². The molecule has 1 aliphatic heterocycles. The van der Waals surface area contributed by atoms with Crippen molar-refractivity contribution < 1.29 is 14.3 Å². The molecule has 1 aliphatic rings. The van der Waals surface area contributed by atoms with E-state index in [2.05, 4.69) is 20.9 Å². The maximum Gasteiger partial charge on any atom is 0.255 e. The average molecular weight is 475 g/mol. The Kier molecular flexibility index (Phi) is 7.39. The summed E-state index contributed by atoms with van der Waals surface area (Å²) in [6, 6.07) is 18.7. The predicted octanol–water partition coefficient (Wildman–Crippen LogP) is 4.49. The first-order valence-electron chi connectivity index (χ1n) is 11.0. The van der Waals surface area contributed by atoms with Gasteiger partial charge >= 0.3 is 0 Å². The molecule has 174 valence electrons. The van der Waals surface area contributed by atoms with Crippen LogP contribution < -0.4 is 25.4 Å². The Labute approximate surface area is 204 Å². The summed E-state index contributed by atoms with van der Waals surface area (Å²) in [6.45, 7) is 4.65. The van der Waals surface area contributed by atoms with Crippen LogP contribution in [0.25, 0.3) is 0 Å². The number of amides is 1. The number of hydrogen-bond donors (Lipinski definition) is 3. The minimum atomic E-state index is -0.465. The fourth-order valence-corrected chi connectivity index (χ4v) is 3.98. The average Bonchev–Trinajstić information content (AvgIpc) is 2.84. The van der Waals surface area contributed by atoms with E-state index in [1.165, 1.54) is 0 Å². The predicted molar refractivity (Wildman–Crippen MR) is 136 cm³/mol. The van der Waals surface area contributed by atoms with Gasteiger partial charge < -0.3 is 25.4 Å². The van der Waals surface area contributed by atoms with E-state index < -0.39 is 6.04 Å². The molecule has 2 aromatic carbocycles. The number of nitrogens with one attached hydrogen (secondary N) is 3. The molecule has 3 aromatic rings. The van der Waals surface area contributed by atoms with Crippen LogP contribution in [0.4, 0.5) is 5.69 Å². The molecule has 0 radical (unpaired) electrons. The molecule has 0 saturated carbocycles. The number of allylic oxidation sites excluding steroid dienone is 1. The summed E-state index contributed by atoms with van der Waals surface area (Å²) >= 11 is 5.38. The van der Waals surface area contributed by atoms with Crippen molar-refractivity contribution >= 4 is 28.9 Å². The van der Waals surface area contributed by atoms with Crippen molar-refractivity contribution in [2.24, 2.45) is 0 Å². The lowest BCUT2D eigenvalue weighted by Crippen LogP contribution is -2.45. The van der Waals surface area contributed by atoms with Gasteiger partial charge in [-0.1, -0.05) is 36.4 Å². The van der Waals surface area contributed by atoms with Crippen molar-refractivity contribution in [1.82, 2.24) is 15.6 Å². The summed E-state index contributed by atoms with van der Waals surface area (Å²) in [5, 5.41) is 9.62. The first-order chi connectivity index (χ1) is 16.5. The molecule has 34 heavy (non-hydrogen) atoms. The highest BCUT2D eigenvalue weighted by Gasteiger charge is 2.30. The molecule has 1 aromatic heterocycles. The zero-order chi connectivity index (χ0) is 23.9. The van der Waals surface area contributed by atoms with Crippen LogP contribution in [0.5, 0.6) is 11.5 Å². The molecular formula is C26H26N4O3S. The largest absolute Gasteiger partial charge is 0.490 e. The highest BCUT2D eigenvalue weighted by Crippen LogP contribution is 2.35. The van der Waals surface area contributed by atoms with Crippen molar-refractivity contribution in [1.29, 1.82) is 0 Å². The molecule has 7 nitrogen and oxygen atoms in total. The van der Waals surface area contributed by atoms with Crippen LogP contribution >= 0.6 is 12.2 Å². The smallest absolute Gasteiger partial charge is 0.255 e. The first kappa shape index (κ1) is 23.3. The van der Waals surface area contributed by atoms with E-state index >= 15 is 0 Å². The summed E-state index contributed by atoms with van der Waals surface area (Å²) in [5.41, 5.74) is 3.71. The number of rotatable bonds is 8. The van der Waals surface area contributed by atoms with Crippen molar-refractivity contribution in [3.05, 3.63) is 95.5 Å². The van der Waals surface area contributed by atoms with Gasteiger partial charge in [0.05, 0.1) is 30.1 Å². The van der Waals surface area contributed by atoms with Crippen LogP contribution in [0.3, 0.4) is 0 Å². The summed E-state index contributed by atoms with van der Waals surface area (Å²) < 4.78 is 11.9. The summed E-state index contributed by atoms with van der Waals surface area (Å²) in [5.74, 6) is 0.986. The van der Waals surface area contributed by atoms with Gasteiger partial charge in [-0.15, -0.1) is 0 Å². The molecule has 1 unspecified atom stereocenters. The van der Waals surface area contributed by atoms with E-state index in [1.54, 1.807) is 24.5 Å². The van der Waals surface area contributed by atoms with Gasteiger partial charge in [-0.3, -0.25) is 9.78 Å². The number of benzene rings is 2. The third-order valence-corrected chi connectivity index (χ3v) is 5.49. The van der Waals surface area contributed by atoms with Gasteiger partial charge in [0.1, 0.15) is 6.61 Å². The minimum Gasteiger partial charge on any atom is -0.490 e. The fraction of sp³-hybridized carbons (Fsp3) is 0.192.